The molecule has 1 unspecified atom stereocenters. The minimum atomic E-state index is 0.750. The Morgan fingerprint density at radius 3 is 3.05 bits per heavy atom. The van der Waals surface area contributed by atoms with Crippen molar-refractivity contribution >= 4 is 33.4 Å². The van der Waals surface area contributed by atoms with Crippen molar-refractivity contribution in [3.05, 3.63) is 28.2 Å². The number of nitrogens with zero attached hydrogens (tertiary/aromatic N) is 1. The third-order valence-corrected chi connectivity index (χ3v) is 5.90. The average Bonchev–Trinajstić information content (AvgIpc) is 2.53. The Balaban J connectivity index is 1.94. The first-order valence-electron chi connectivity index (χ1n) is 7.59. The van der Waals surface area contributed by atoms with Crippen LogP contribution in [-0.4, -0.2) is 44.4 Å². The SMILES string of the molecule is CCC1CN(c2ccc(CNCCOC)c(Br)c2)CCS1. The van der Waals surface area contributed by atoms with E-state index in [-0.39, 0.29) is 0 Å². The van der Waals surface area contributed by atoms with Gasteiger partial charge in [-0.2, -0.15) is 11.8 Å². The smallest absolute Gasteiger partial charge is 0.0587 e. The lowest BCUT2D eigenvalue weighted by atomic mass is 10.1. The summed E-state index contributed by atoms with van der Waals surface area (Å²) in [7, 11) is 1.73. The second kappa shape index (κ2) is 9.03. The van der Waals surface area contributed by atoms with Crippen LogP contribution in [-0.2, 0) is 11.3 Å². The molecule has 0 spiro atoms. The quantitative estimate of drug-likeness (QED) is 0.740. The number of nitrogens with one attached hydrogen (secondary N) is 1. The van der Waals surface area contributed by atoms with Crippen LogP contribution in [0.4, 0.5) is 5.69 Å². The summed E-state index contributed by atoms with van der Waals surface area (Å²) in [4.78, 5) is 2.51. The highest BCUT2D eigenvalue weighted by atomic mass is 79.9. The highest BCUT2D eigenvalue weighted by Crippen LogP contribution is 2.29. The van der Waals surface area contributed by atoms with Gasteiger partial charge >= 0.3 is 0 Å². The predicted octanol–water partition coefficient (Wildman–Crippen LogP) is 3.52. The number of hydrogen-bond acceptors (Lipinski definition) is 4. The van der Waals surface area contributed by atoms with Gasteiger partial charge in [0.1, 0.15) is 0 Å². The van der Waals surface area contributed by atoms with Gasteiger partial charge in [0.15, 0.2) is 0 Å². The molecule has 0 saturated carbocycles. The van der Waals surface area contributed by atoms with E-state index in [2.05, 4.69) is 63.0 Å². The molecule has 5 heteroatoms. The van der Waals surface area contributed by atoms with Gasteiger partial charge in [-0.25, -0.2) is 0 Å². The molecule has 1 aliphatic rings. The lowest BCUT2D eigenvalue weighted by Gasteiger charge is -2.34. The van der Waals surface area contributed by atoms with Crippen LogP contribution in [0.3, 0.4) is 0 Å². The summed E-state index contributed by atoms with van der Waals surface area (Å²) in [5.74, 6) is 1.23. The molecule has 1 N–H and O–H groups in total. The monoisotopic (exact) mass is 372 g/mol. The first kappa shape index (κ1) is 17.1. The summed E-state index contributed by atoms with van der Waals surface area (Å²) in [6.45, 7) is 7.10. The van der Waals surface area contributed by atoms with Crippen LogP contribution in [0.25, 0.3) is 0 Å². The molecule has 1 heterocycles. The maximum atomic E-state index is 5.05. The highest BCUT2D eigenvalue weighted by molar-refractivity contribution is 9.10. The number of anilines is 1. The zero-order valence-electron chi connectivity index (χ0n) is 12.9. The minimum absolute atomic E-state index is 0.750. The van der Waals surface area contributed by atoms with Crippen LogP contribution in [0.1, 0.15) is 18.9 Å². The van der Waals surface area contributed by atoms with Crippen molar-refractivity contribution in [3.8, 4) is 0 Å². The van der Waals surface area contributed by atoms with Crippen molar-refractivity contribution in [2.24, 2.45) is 0 Å². The lowest BCUT2D eigenvalue weighted by molar-refractivity contribution is 0.199. The molecule has 1 fully saturated rings. The van der Waals surface area contributed by atoms with Gasteiger partial charge in [-0.1, -0.05) is 28.9 Å². The molecular weight excluding hydrogens is 348 g/mol. The fraction of sp³-hybridized carbons (Fsp3) is 0.625. The number of thioether (sulfide) groups is 1. The molecule has 21 heavy (non-hydrogen) atoms. The van der Waals surface area contributed by atoms with Gasteiger partial charge in [-0.15, -0.1) is 0 Å². The first-order chi connectivity index (χ1) is 10.2. The summed E-state index contributed by atoms with van der Waals surface area (Å²) in [6.07, 6.45) is 1.25. The first-order valence-corrected chi connectivity index (χ1v) is 9.43. The number of halogens is 1. The van der Waals surface area contributed by atoms with E-state index in [0.29, 0.717) is 0 Å². The van der Waals surface area contributed by atoms with Gasteiger partial charge in [-0.3, -0.25) is 0 Å². The number of benzene rings is 1. The van der Waals surface area contributed by atoms with Gasteiger partial charge < -0.3 is 15.0 Å². The number of rotatable bonds is 7. The van der Waals surface area contributed by atoms with Crippen LogP contribution >= 0.6 is 27.7 Å². The van der Waals surface area contributed by atoms with Crippen LogP contribution < -0.4 is 10.2 Å². The Morgan fingerprint density at radius 2 is 2.33 bits per heavy atom. The minimum Gasteiger partial charge on any atom is -0.383 e. The Bertz CT molecular complexity index is 444. The van der Waals surface area contributed by atoms with E-state index in [1.54, 1.807) is 7.11 Å². The van der Waals surface area contributed by atoms with Gasteiger partial charge in [0.05, 0.1) is 6.61 Å². The van der Waals surface area contributed by atoms with Crippen LogP contribution in [0.15, 0.2) is 22.7 Å². The van der Waals surface area contributed by atoms with E-state index in [0.717, 1.165) is 31.5 Å². The number of ether oxygens (including phenoxy) is 1. The molecular formula is C16H25BrN2OS. The van der Waals surface area contributed by atoms with Crippen molar-refractivity contribution in [3.63, 3.8) is 0 Å². The second-order valence-corrected chi connectivity index (χ2v) is 7.55. The third-order valence-electron chi connectivity index (χ3n) is 3.79. The zero-order chi connectivity index (χ0) is 15.1. The summed E-state index contributed by atoms with van der Waals surface area (Å²) in [5, 5.41) is 4.16. The fourth-order valence-electron chi connectivity index (χ4n) is 2.47. The molecule has 0 radical (unpaired) electrons. The molecule has 2 rings (SSSR count). The van der Waals surface area contributed by atoms with E-state index in [1.165, 1.54) is 34.4 Å². The van der Waals surface area contributed by atoms with E-state index in [1.807, 2.05) is 0 Å². The summed E-state index contributed by atoms with van der Waals surface area (Å²) < 4.78 is 6.24. The Morgan fingerprint density at radius 1 is 1.48 bits per heavy atom. The molecule has 0 aromatic heterocycles. The van der Waals surface area contributed by atoms with Crippen molar-refractivity contribution in [1.29, 1.82) is 0 Å². The van der Waals surface area contributed by atoms with Gasteiger partial charge in [-0.05, 0) is 24.1 Å². The highest BCUT2D eigenvalue weighted by Gasteiger charge is 2.19. The average molecular weight is 373 g/mol. The predicted molar refractivity (Wildman–Crippen MR) is 96.5 cm³/mol. The Labute approximate surface area is 140 Å². The molecule has 1 saturated heterocycles. The van der Waals surface area contributed by atoms with E-state index < -0.39 is 0 Å². The normalized spacial score (nSPS) is 19.0. The summed E-state index contributed by atoms with van der Waals surface area (Å²) >= 11 is 5.82. The van der Waals surface area contributed by atoms with E-state index >= 15 is 0 Å². The number of hydrogen-bond donors (Lipinski definition) is 1. The molecule has 1 aromatic carbocycles. The zero-order valence-corrected chi connectivity index (χ0v) is 15.3. The summed E-state index contributed by atoms with van der Waals surface area (Å²) in [6, 6.07) is 6.73. The number of methoxy groups -OCH3 is 1. The topological polar surface area (TPSA) is 24.5 Å². The molecule has 3 nitrogen and oxygen atoms in total. The molecule has 1 aromatic rings. The molecule has 0 bridgehead atoms. The van der Waals surface area contributed by atoms with Crippen LogP contribution in [0.2, 0.25) is 0 Å². The molecule has 0 amide bonds. The largest absolute Gasteiger partial charge is 0.383 e. The summed E-state index contributed by atoms with van der Waals surface area (Å²) in [5.41, 5.74) is 2.63. The molecule has 1 aliphatic heterocycles. The van der Waals surface area contributed by atoms with Gasteiger partial charge in [0.2, 0.25) is 0 Å². The lowest BCUT2D eigenvalue weighted by Crippen LogP contribution is -2.37. The van der Waals surface area contributed by atoms with Crippen molar-refractivity contribution in [1.82, 2.24) is 5.32 Å². The Hall–Kier alpha value is -0.230. The van der Waals surface area contributed by atoms with Crippen molar-refractivity contribution in [2.45, 2.75) is 25.1 Å². The molecule has 118 valence electrons. The maximum Gasteiger partial charge on any atom is 0.0587 e. The van der Waals surface area contributed by atoms with Crippen molar-refractivity contribution < 1.29 is 4.74 Å². The maximum absolute atomic E-state index is 5.05. The standard InChI is InChI=1S/C16H25BrN2OS/c1-3-15-12-19(7-9-21-15)14-5-4-13(16(17)10-14)11-18-6-8-20-2/h4-5,10,15,18H,3,6-9,11-12H2,1-2H3. The molecule has 1 atom stereocenters. The van der Waals surface area contributed by atoms with Gasteiger partial charge in [0.25, 0.3) is 0 Å². The Kier molecular flexibility index (Phi) is 7.37. The van der Waals surface area contributed by atoms with Crippen LogP contribution in [0, 0.1) is 0 Å². The van der Waals surface area contributed by atoms with E-state index in [4.69, 9.17) is 4.74 Å². The second-order valence-electron chi connectivity index (χ2n) is 5.29. The molecule has 0 aliphatic carbocycles. The third kappa shape index (κ3) is 5.16. The van der Waals surface area contributed by atoms with Crippen molar-refractivity contribution in [2.75, 3.05) is 44.0 Å². The fourth-order valence-corrected chi connectivity index (χ4v) is 4.16. The van der Waals surface area contributed by atoms with E-state index in [9.17, 15) is 0 Å². The van der Waals surface area contributed by atoms with Crippen LogP contribution in [0.5, 0.6) is 0 Å². The van der Waals surface area contributed by atoms with Gasteiger partial charge in [0, 0.05) is 54.5 Å².